The third kappa shape index (κ3) is 2.22. The number of anilines is 1. The van der Waals surface area contributed by atoms with E-state index in [4.69, 9.17) is 0 Å². The van der Waals surface area contributed by atoms with Crippen molar-refractivity contribution in [2.45, 2.75) is 0 Å². The van der Waals surface area contributed by atoms with E-state index in [1.54, 1.807) is 11.3 Å². The van der Waals surface area contributed by atoms with E-state index in [1.165, 1.54) is 13.8 Å². The van der Waals surface area contributed by atoms with E-state index < -0.39 is 0 Å². The molecule has 0 radical (unpaired) electrons. The Morgan fingerprint density at radius 2 is 1.89 bits per heavy atom. The summed E-state index contributed by atoms with van der Waals surface area (Å²) in [6.45, 7) is 0. The van der Waals surface area contributed by atoms with Crippen molar-refractivity contribution in [1.29, 1.82) is 0 Å². The van der Waals surface area contributed by atoms with E-state index >= 15 is 0 Å². The monoisotopic (exact) mass is 366 g/mol. The van der Waals surface area contributed by atoms with Crippen LogP contribution in [-0.2, 0) is 0 Å². The summed E-state index contributed by atoms with van der Waals surface area (Å²) in [4.78, 5) is 4.67. The van der Waals surface area contributed by atoms with Crippen molar-refractivity contribution in [3.05, 3.63) is 46.0 Å². The minimum absolute atomic E-state index is 1.08. The Labute approximate surface area is 123 Å². The van der Waals surface area contributed by atoms with Crippen LogP contribution in [0.5, 0.6) is 0 Å². The molecule has 1 aromatic heterocycles. The normalized spacial score (nSPS) is 10.8. The molecule has 90 valence electrons. The number of aromatic nitrogens is 1. The van der Waals surface area contributed by atoms with Gasteiger partial charge in [-0.15, -0.1) is 11.3 Å². The minimum atomic E-state index is 1.08. The fourth-order valence-corrected chi connectivity index (χ4v) is 3.51. The first-order valence-corrected chi connectivity index (χ1v) is 7.50. The largest absolute Gasteiger partial charge is 0.388 e. The second-order valence-corrected chi connectivity index (χ2v) is 6.23. The summed E-state index contributed by atoms with van der Waals surface area (Å²) in [7, 11) is 1.93. The summed E-state index contributed by atoms with van der Waals surface area (Å²) in [6, 6.07) is 14.7. The van der Waals surface area contributed by atoms with Gasteiger partial charge < -0.3 is 5.32 Å². The smallest absolute Gasteiger partial charge is 0.124 e. The van der Waals surface area contributed by atoms with E-state index in [0.717, 1.165) is 16.2 Å². The highest BCUT2D eigenvalue weighted by Gasteiger charge is 2.06. The molecule has 0 aliphatic rings. The molecule has 0 spiro atoms. The molecule has 2 nitrogen and oxygen atoms in total. The van der Waals surface area contributed by atoms with Crippen molar-refractivity contribution >= 4 is 49.8 Å². The van der Waals surface area contributed by atoms with E-state index in [0.29, 0.717) is 0 Å². The van der Waals surface area contributed by atoms with Crippen molar-refractivity contribution in [2.75, 3.05) is 12.4 Å². The van der Waals surface area contributed by atoms with Gasteiger partial charge in [0.1, 0.15) is 5.01 Å². The molecule has 1 heterocycles. The van der Waals surface area contributed by atoms with Gasteiger partial charge in [0.15, 0.2) is 0 Å². The van der Waals surface area contributed by atoms with Gasteiger partial charge in [0.25, 0.3) is 0 Å². The highest BCUT2D eigenvalue weighted by molar-refractivity contribution is 14.1. The lowest BCUT2D eigenvalue weighted by Crippen LogP contribution is -1.86. The molecule has 0 fully saturated rings. The summed E-state index contributed by atoms with van der Waals surface area (Å²) in [6.07, 6.45) is 0. The summed E-state index contributed by atoms with van der Waals surface area (Å²) in [5.74, 6) is 0. The average molecular weight is 366 g/mol. The fourth-order valence-electron chi connectivity index (χ4n) is 1.80. The van der Waals surface area contributed by atoms with Gasteiger partial charge in [-0.05, 0) is 65.1 Å². The quantitative estimate of drug-likeness (QED) is 0.670. The van der Waals surface area contributed by atoms with E-state index in [2.05, 4.69) is 75.4 Å². The second kappa shape index (κ2) is 4.85. The third-order valence-corrected chi connectivity index (χ3v) is 4.51. The number of benzene rings is 2. The molecular weight excluding hydrogens is 355 g/mol. The van der Waals surface area contributed by atoms with Gasteiger partial charge in [-0.1, -0.05) is 0 Å². The van der Waals surface area contributed by atoms with Gasteiger partial charge in [-0.3, -0.25) is 0 Å². The zero-order valence-electron chi connectivity index (χ0n) is 9.77. The standard InChI is InChI=1S/C14H11IN2S/c1-16-11-5-2-9(3-6-11)14-17-12-7-4-10(15)8-13(12)18-14/h2-8,16H,1H3. The van der Waals surface area contributed by atoms with Crippen LogP contribution in [0.1, 0.15) is 0 Å². The highest BCUT2D eigenvalue weighted by atomic mass is 127. The molecule has 18 heavy (non-hydrogen) atoms. The van der Waals surface area contributed by atoms with Crippen molar-refractivity contribution in [3.63, 3.8) is 0 Å². The molecule has 0 saturated carbocycles. The van der Waals surface area contributed by atoms with Crippen LogP contribution in [0.4, 0.5) is 5.69 Å². The van der Waals surface area contributed by atoms with Crippen LogP contribution >= 0.6 is 33.9 Å². The lowest BCUT2D eigenvalue weighted by Gasteiger charge is -2.00. The second-order valence-electron chi connectivity index (χ2n) is 3.96. The van der Waals surface area contributed by atoms with Crippen molar-refractivity contribution in [3.8, 4) is 10.6 Å². The molecule has 1 N–H and O–H groups in total. The number of hydrogen-bond acceptors (Lipinski definition) is 3. The van der Waals surface area contributed by atoms with Gasteiger partial charge in [0.2, 0.25) is 0 Å². The Morgan fingerprint density at radius 1 is 1.11 bits per heavy atom. The Hall–Kier alpha value is -1.14. The molecular formula is C14H11IN2S. The molecule has 3 rings (SSSR count). The first kappa shape index (κ1) is 11.9. The van der Waals surface area contributed by atoms with Crippen LogP contribution in [0, 0.1) is 3.57 Å². The number of halogens is 1. The third-order valence-electron chi connectivity index (χ3n) is 2.77. The van der Waals surface area contributed by atoms with Crippen molar-refractivity contribution in [2.24, 2.45) is 0 Å². The molecule has 2 aromatic carbocycles. The Bertz CT molecular complexity index is 689. The number of nitrogens with zero attached hydrogens (tertiary/aromatic N) is 1. The Balaban J connectivity index is 2.07. The summed E-state index contributed by atoms with van der Waals surface area (Å²) >= 11 is 4.07. The molecule has 0 unspecified atom stereocenters. The van der Waals surface area contributed by atoms with Crippen LogP contribution in [0.2, 0.25) is 0 Å². The minimum Gasteiger partial charge on any atom is -0.388 e. The molecule has 0 aliphatic heterocycles. The fraction of sp³-hybridized carbons (Fsp3) is 0.0714. The van der Waals surface area contributed by atoms with Gasteiger partial charge >= 0.3 is 0 Å². The molecule has 0 aliphatic carbocycles. The summed E-state index contributed by atoms with van der Waals surface area (Å²) in [5.41, 5.74) is 3.37. The number of hydrogen-bond donors (Lipinski definition) is 1. The molecule has 0 saturated heterocycles. The molecule has 0 bridgehead atoms. The van der Waals surface area contributed by atoms with Gasteiger partial charge in [-0.25, -0.2) is 4.98 Å². The maximum Gasteiger partial charge on any atom is 0.124 e. The van der Waals surface area contributed by atoms with Crippen molar-refractivity contribution in [1.82, 2.24) is 4.98 Å². The molecule has 0 atom stereocenters. The highest BCUT2D eigenvalue weighted by Crippen LogP contribution is 2.31. The number of fused-ring (bicyclic) bond motifs is 1. The zero-order valence-corrected chi connectivity index (χ0v) is 12.7. The number of thiazole rings is 1. The van der Waals surface area contributed by atoms with E-state index in [-0.39, 0.29) is 0 Å². The van der Waals surface area contributed by atoms with Crippen LogP contribution in [-0.4, -0.2) is 12.0 Å². The molecule has 0 amide bonds. The predicted molar refractivity (Wildman–Crippen MR) is 87.3 cm³/mol. The van der Waals surface area contributed by atoms with Crippen molar-refractivity contribution < 1.29 is 0 Å². The number of rotatable bonds is 2. The first-order valence-electron chi connectivity index (χ1n) is 5.60. The zero-order chi connectivity index (χ0) is 12.5. The number of nitrogens with one attached hydrogen (secondary N) is 1. The SMILES string of the molecule is CNc1ccc(-c2nc3ccc(I)cc3s2)cc1. The topological polar surface area (TPSA) is 24.9 Å². The molecule has 3 aromatic rings. The van der Waals surface area contributed by atoms with Gasteiger partial charge in [0, 0.05) is 21.9 Å². The first-order chi connectivity index (χ1) is 8.76. The lowest BCUT2D eigenvalue weighted by atomic mass is 10.2. The lowest BCUT2D eigenvalue weighted by molar-refractivity contribution is 1.46. The van der Waals surface area contributed by atoms with E-state index in [9.17, 15) is 0 Å². The average Bonchev–Trinajstić information content (AvgIpc) is 2.81. The summed E-state index contributed by atoms with van der Waals surface area (Å²) < 4.78 is 2.50. The Kier molecular flexibility index (Phi) is 3.22. The van der Waals surface area contributed by atoms with Crippen LogP contribution < -0.4 is 5.32 Å². The summed E-state index contributed by atoms with van der Waals surface area (Å²) in [5, 5.41) is 4.20. The van der Waals surface area contributed by atoms with Crippen LogP contribution in [0.3, 0.4) is 0 Å². The maximum atomic E-state index is 4.67. The van der Waals surface area contributed by atoms with Crippen LogP contribution in [0.15, 0.2) is 42.5 Å². The van der Waals surface area contributed by atoms with Gasteiger partial charge in [0.05, 0.1) is 10.2 Å². The Morgan fingerprint density at radius 3 is 2.61 bits per heavy atom. The van der Waals surface area contributed by atoms with Crippen LogP contribution in [0.25, 0.3) is 20.8 Å². The van der Waals surface area contributed by atoms with E-state index in [1.807, 2.05) is 7.05 Å². The maximum absolute atomic E-state index is 4.67. The molecule has 4 heteroatoms. The van der Waals surface area contributed by atoms with Gasteiger partial charge in [-0.2, -0.15) is 0 Å². The predicted octanol–water partition coefficient (Wildman–Crippen LogP) is 4.61.